The number of carbonyl (C=O) groups excluding carboxylic acids is 1. The molecule has 2 heterocycles. The van der Waals surface area contributed by atoms with Crippen molar-refractivity contribution in [3.8, 4) is 5.75 Å². The van der Waals surface area contributed by atoms with Gasteiger partial charge in [-0.15, -0.1) is 0 Å². The SMILES string of the molecule is O=C1CC2COCC=C2N(SCc2ccccc2)N1c1ccc(O)cc1. The van der Waals surface area contributed by atoms with Crippen molar-refractivity contribution in [1.82, 2.24) is 4.41 Å². The van der Waals surface area contributed by atoms with E-state index in [9.17, 15) is 9.90 Å². The number of fused-ring (bicyclic) bond motifs is 1. The topological polar surface area (TPSA) is 53.0 Å². The van der Waals surface area contributed by atoms with Gasteiger partial charge in [0, 0.05) is 18.1 Å². The van der Waals surface area contributed by atoms with Gasteiger partial charge in [-0.3, -0.25) is 4.79 Å². The average molecular weight is 368 g/mol. The summed E-state index contributed by atoms with van der Waals surface area (Å²) in [7, 11) is 0. The number of hydrogen-bond acceptors (Lipinski definition) is 5. The lowest BCUT2D eigenvalue weighted by Gasteiger charge is -2.44. The van der Waals surface area contributed by atoms with Gasteiger partial charge in [-0.1, -0.05) is 30.3 Å². The summed E-state index contributed by atoms with van der Waals surface area (Å²) in [5.41, 5.74) is 3.06. The smallest absolute Gasteiger partial charge is 0.247 e. The molecule has 2 aliphatic rings. The molecule has 1 fully saturated rings. The number of hydrazine groups is 1. The molecule has 0 radical (unpaired) electrons. The number of nitrogens with zero attached hydrogens (tertiary/aromatic N) is 2. The van der Waals surface area contributed by atoms with E-state index >= 15 is 0 Å². The Morgan fingerprint density at radius 2 is 1.88 bits per heavy atom. The lowest BCUT2D eigenvalue weighted by Crippen LogP contribution is -2.51. The summed E-state index contributed by atoms with van der Waals surface area (Å²) >= 11 is 1.60. The Morgan fingerprint density at radius 3 is 2.65 bits per heavy atom. The van der Waals surface area contributed by atoms with Gasteiger partial charge < -0.3 is 9.84 Å². The Hall–Kier alpha value is -2.44. The van der Waals surface area contributed by atoms with E-state index in [1.54, 1.807) is 41.2 Å². The molecule has 5 nitrogen and oxygen atoms in total. The van der Waals surface area contributed by atoms with E-state index in [1.807, 2.05) is 22.6 Å². The van der Waals surface area contributed by atoms with Crippen LogP contribution in [-0.4, -0.2) is 28.6 Å². The van der Waals surface area contributed by atoms with Crippen molar-refractivity contribution in [3.63, 3.8) is 0 Å². The van der Waals surface area contributed by atoms with E-state index in [0.717, 1.165) is 17.1 Å². The third kappa shape index (κ3) is 3.43. The molecule has 0 aliphatic carbocycles. The molecule has 1 amide bonds. The minimum Gasteiger partial charge on any atom is -0.508 e. The Balaban J connectivity index is 1.65. The first kappa shape index (κ1) is 17.0. The van der Waals surface area contributed by atoms with Gasteiger partial charge in [0.15, 0.2) is 0 Å². The zero-order valence-electron chi connectivity index (χ0n) is 14.2. The molecule has 2 aromatic rings. The summed E-state index contributed by atoms with van der Waals surface area (Å²) in [5, 5.41) is 11.3. The van der Waals surface area contributed by atoms with Crippen molar-refractivity contribution >= 4 is 23.5 Å². The monoisotopic (exact) mass is 368 g/mol. The van der Waals surface area contributed by atoms with Crippen LogP contribution < -0.4 is 5.01 Å². The second-order valence-corrected chi connectivity index (χ2v) is 7.21. The zero-order valence-corrected chi connectivity index (χ0v) is 15.1. The molecule has 1 saturated heterocycles. The first-order valence-corrected chi connectivity index (χ1v) is 9.53. The highest BCUT2D eigenvalue weighted by atomic mass is 32.2. The normalized spacial score (nSPS) is 19.9. The minimum absolute atomic E-state index is 0.0314. The summed E-state index contributed by atoms with van der Waals surface area (Å²) in [6, 6.07) is 16.9. The predicted octanol–water partition coefficient (Wildman–Crippen LogP) is 3.72. The number of phenolic OH excluding ortho intramolecular Hbond substituents is 1. The summed E-state index contributed by atoms with van der Waals surface area (Å²) in [5.74, 6) is 1.06. The van der Waals surface area contributed by atoms with E-state index in [2.05, 4.69) is 18.2 Å². The molecule has 1 N–H and O–H groups in total. The lowest BCUT2D eigenvalue weighted by molar-refractivity contribution is -0.123. The first-order valence-electron chi connectivity index (χ1n) is 8.59. The van der Waals surface area contributed by atoms with Crippen LogP contribution in [0.4, 0.5) is 5.69 Å². The maximum Gasteiger partial charge on any atom is 0.247 e. The van der Waals surface area contributed by atoms with Crippen LogP contribution in [0.15, 0.2) is 66.4 Å². The summed E-state index contributed by atoms with van der Waals surface area (Å²) in [4.78, 5) is 12.9. The van der Waals surface area contributed by atoms with Crippen LogP contribution in [0.3, 0.4) is 0 Å². The molecule has 26 heavy (non-hydrogen) atoms. The van der Waals surface area contributed by atoms with Gasteiger partial charge >= 0.3 is 0 Å². The van der Waals surface area contributed by atoms with Gasteiger partial charge in [0.25, 0.3) is 0 Å². The highest BCUT2D eigenvalue weighted by Crippen LogP contribution is 2.39. The standard InChI is InChI=1S/C20H20N2O3S/c23-18-8-6-17(7-9-18)21-20(24)12-16-13-25-11-10-19(16)22(21)26-14-15-4-2-1-3-5-15/h1-10,16,23H,11-14H2. The van der Waals surface area contributed by atoms with Gasteiger partial charge in [0.05, 0.1) is 24.6 Å². The molecular weight excluding hydrogens is 348 g/mol. The van der Waals surface area contributed by atoms with E-state index in [4.69, 9.17) is 4.74 Å². The number of hydrogen-bond donors (Lipinski definition) is 1. The van der Waals surface area contributed by atoms with Gasteiger partial charge in [0.2, 0.25) is 5.91 Å². The van der Waals surface area contributed by atoms with E-state index < -0.39 is 0 Å². The molecule has 0 aromatic heterocycles. The largest absolute Gasteiger partial charge is 0.508 e. The fraction of sp³-hybridized carbons (Fsp3) is 0.250. The van der Waals surface area contributed by atoms with Crippen LogP contribution in [0.2, 0.25) is 0 Å². The molecule has 6 heteroatoms. The van der Waals surface area contributed by atoms with Crippen LogP contribution in [0, 0.1) is 5.92 Å². The Labute approximate surface area is 157 Å². The lowest BCUT2D eigenvalue weighted by atomic mass is 9.98. The number of carbonyl (C=O) groups is 1. The molecule has 1 atom stereocenters. The number of ether oxygens (including phenoxy) is 1. The number of rotatable bonds is 4. The third-order valence-corrected chi connectivity index (χ3v) is 5.58. The Bertz CT molecular complexity index is 808. The highest BCUT2D eigenvalue weighted by molar-refractivity contribution is 7.96. The Morgan fingerprint density at radius 1 is 1.12 bits per heavy atom. The molecule has 0 saturated carbocycles. The molecular formula is C20H20N2O3S. The summed E-state index contributed by atoms with van der Waals surface area (Å²) in [6.07, 6.45) is 2.49. The number of aromatic hydroxyl groups is 1. The maximum absolute atomic E-state index is 12.9. The van der Waals surface area contributed by atoms with Gasteiger partial charge in [-0.2, -0.15) is 0 Å². The van der Waals surface area contributed by atoms with Crippen molar-refractivity contribution in [3.05, 3.63) is 71.9 Å². The highest BCUT2D eigenvalue weighted by Gasteiger charge is 2.38. The third-order valence-electron chi connectivity index (χ3n) is 4.50. The quantitative estimate of drug-likeness (QED) is 0.834. The molecule has 134 valence electrons. The van der Waals surface area contributed by atoms with Gasteiger partial charge in [-0.25, -0.2) is 9.42 Å². The fourth-order valence-corrected chi connectivity index (χ4v) is 4.34. The molecule has 2 aliphatic heterocycles. The van der Waals surface area contributed by atoms with E-state index in [1.165, 1.54) is 5.56 Å². The number of anilines is 1. The second kappa shape index (κ2) is 7.43. The van der Waals surface area contributed by atoms with E-state index in [-0.39, 0.29) is 17.6 Å². The summed E-state index contributed by atoms with van der Waals surface area (Å²) in [6.45, 7) is 1.13. The summed E-state index contributed by atoms with van der Waals surface area (Å²) < 4.78 is 7.54. The molecule has 4 rings (SSSR count). The number of phenols is 1. The van der Waals surface area contributed by atoms with Crippen molar-refractivity contribution in [1.29, 1.82) is 0 Å². The predicted molar refractivity (Wildman–Crippen MR) is 102 cm³/mol. The van der Waals surface area contributed by atoms with Crippen molar-refractivity contribution < 1.29 is 14.6 Å². The van der Waals surface area contributed by atoms with Crippen LogP contribution in [-0.2, 0) is 15.3 Å². The average Bonchev–Trinajstić information content (AvgIpc) is 2.67. The van der Waals surface area contributed by atoms with Gasteiger partial charge in [-0.05, 0) is 47.9 Å². The minimum atomic E-state index is 0.0314. The van der Waals surface area contributed by atoms with Gasteiger partial charge in [0.1, 0.15) is 5.75 Å². The second-order valence-electron chi connectivity index (χ2n) is 6.32. The first-order chi connectivity index (χ1) is 12.7. The van der Waals surface area contributed by atoms with E-state index in [0.29, 0.717) is 19.6 Å². The van der Waals surface area contributed by atoms with Crippen LogP contribution in [0.1, 0.15) is 12.0 Å². The maximum atomic E-state index is 12.9. The van der Waals surface area contributed by atoms with Crippen molar-refractivity contribution in [2.75, 3.05) is 18.2 Å². The van der Waals surface area contributed by atoms with Crippen LogP contribution >= 0.6 is 11.9 Å². The molecule has 0 bridgehead atoms. The molecule has 2 aromatic carbocycles. The molecule has 0 spiro atoms. The Kier molecular flexibility index (Phi) is 4.86. The van der Waals surface area contributed by atoms with Crippen LogP contribution in [0.25, 0.3) is 0 Å². The van der Waals surface area contributed by atoms with Crippen molar-refractivity contribution in [2.24, 2.45) is 5.92 Å². The fourth-order valence-electron chi connectivity index (χ4n) is 3.20. The van der Waals surface area contributed by atoms with Crippen LogP contribution in [0.5, 0.6) is 5.75 Å². The van der Waals surface area contributed by atoms with Crippen molar-refractivity contribution in [2.45, 2.75) is 12.2 Å². The number of benzene rings is 2. The molecule has 1 unspecified atom stereocenters. The number of amides is 1. The zero-order chi connectivity index (χ0) is 17.9.